The molecule has 0 bridgehead atoms. The molecule has 132 valence electrons. The van der Waals surface area contributed by atoms with Crippen molar-refractivity contribution in [1.29, 1.82) is 0 Å². The van der Waals surface area contributed by atoms with E-state index in [1.54, 1.807) is 6.20 Å². The third-order valence-electron chi connectivity index (χ3n) is 4.44. The van der Waals surface area contributed by atoms with Crippen LogP contribution in [-0.2, 0) is 11.2 Å². The Morgan fingerprint density at radius 1 is 1.16 bits per heavy atom. The predicted molar refractivity (Wildman–Crippen MR) is 98.4 cm³/mol. The lowest BCUT2D eigenvalue weighted by Crippen LogP contribution is -2.37. The van der Waals surface area contributed by atoms with E-state index in [9.17, 15) is 4.79 Å². The zero-order valence-corrected chi connectivity index (χ0v) is 15.2. The van der Waals surface area contributed by atoms with E-state index >= 15 is 0 Å². The van der Waals surface area contributed by atoms with Crippen molar-refractivity contribution in [3.8, 4) is 5.75 Å². The molecular formula is C21H26N2O2. The fourth-order valence-corrected chi connectivity index (χ4v) is 3.13. The summed E-state index contributed by atoms with van der Waals surface area (Å²) in [7, 11) is 0. The van der Waals surface area contributed by atoms with Gasteiger partial charge in [0.1, 0.15) is 5.75 Å². The van der Waals surface area contributed by atoms with Crippen LogP contribution >= 0.6 is 0 Å². The molecule has 1 amide bonds. The Kier molecular flexibility index (Phi) is 5.37. The summed E-state index contributed by atoms with van der Waals surface area (Å²) in [5, 5.41) is 0. The van der Waals surface area contributed by atoms with Crippen LogP contribution in [0.2, 0.25) is 0 Å². The fraction of sp³-hybridized carbons (Fsp3) is 0.429. The van der Waals surface area contributed by atoms with Gasteiger partial charge in [0, 0.05) is 17.8 Å². The summed E-state index contributed by atoms with van der Waals surface area (Å²) in [6.07, 6.45) is 4.38. The van der Waals surface area contributed by atoms with Gasteiger partial charge in [-0.2, -0.15) is 0 Å². The summed E-state index contributed by atoms with van der Waals surface area (Å²) in [5.74, 6) is 0.938. The molecular weight excluding hydrogens is 312 g/mol. The van der Waals surface area contributed by atoms with Crippen LogP contribution < -0.4 is 4.74 Å². The van der Waals surface area contributed by atoms with Gasteiger partial charge in [-0.1, -0.05) is 24.3 Å². The molecule has 3 rings (SSSR count). The normalized spacial score (nSPS) is 15.0. The summed E-state index contributed by atoms with van der Waals surface area (Å²) >= 11 is 0. The Hall–Kier alpha value is -2.36. The predicted octanol–water partition coefficient (Wildman–Crippen LogP) is 4.16. The first kappa shape index (κ1) is 17.5. The SMILES string of the molecule is CC(C)Oc1ccccc1CC(=O)N(C1CC1)[C@@H](C)c1ccccn1. The third-order valence-corrected chi connectivity index (χ3v) is 4.44. The third kappa shape index (κ3) is 4.38. The number of carbonyl (C=O) groups excluding carboxylic acids is 1. The number of aromatic nitrogens is 1. The summed E-state index contributed by atoms with van der Waals surface area (Å²) in [5.41, 5.74) is 1.88. The van der Waals surface area contributed by atoms with Crippen LogP contribution in [0.15, 0.2) is 48.7 Å². The molecule has 1 fully saturated rings. The largest absolute Gasteiger partial charge is 0.491 e. The summed E-state index contributed by atoms with van der Waals surface area (Å²) < 4.78 is 5.86. The molecule has 1 aliphatic rings. The Balaban J connectivity index is 1.79. The van der Waals surface area contributed by atoms with Crippen molar-refractivity contribution in [2.75, 3.05) is 0 Å². The van der Waals surface area contributed by atoms with Crippen molar-refractivity contribution in [2.45, 2.75) is 58.2 Å². The van der Waals surface area contributed by atoms with Crippen molar-refractivity contribution in [3.05, 3.63) is 59.9 Å². The molecule has 1 aromatic heterocycles. The van der Waals surface area contributed by atoms with Gasteiger partial charge in [0.15, 0.2) is 0 Å². The maximum absolute atomic E-state index is 13.1. The van der Waals surface area contributed by atoms with Crippen molar-refractivity contribution >= 4 is 5.91 Å². The molecule has 0 radical (unpaired) electrons. The minimum Gasteiger partial charge on any atom is -0.491 e. The van der Waals surface area contributed by atoms with Gasteiger partial charge in [0.05, 0.1) is 24.3 Å². The Labute approximate surface area is 149 Å². The van der Waals surface area contributed by atoms with Gasteiger partial charge in [-0.3, -0.25) is 9.78 Å². The Bertz CT molecular complexity index is 711. The average molecular weight is 338 g/mol. The highest BCUT2D eigenvalue weighted by atomic mass is 16.5. The standard InChI is InChI=1S/C21H26N2O2/c1-15(2)25-20-10-5-4-8-17(20)14-21(24)23(18-11-12-18)16(3)19-9-6-7-13-22-19/h4-10,13,15-16,18H,11-12,14H2,1-3H3/t16-/m0/s1. The smallest absolute Gasteiger partial charge is 0.227 e. The molecule has 1 atom stereocenters. The molecule has 0 spiro atoms. The van der Waals surface area contributed by atoms with E-state index in [1.807, 2.05) is 61.2 Å². The topological polar surface area (TPSA) is 42.4 Å². The number of para-hydroxylation sites is 1. The molecule has 0 unspecified atom stereocenters. The van der Waals surface area contributed by atoms with Gasteiger partial charge in [0.2, 0.25) is 5.91 Å². The van der Waals surface area contributed by atoms with Crippen LogP contribution in [0.5, 0.6) is 5.75 Å². The molecule has 1 saturated carbocycles. The number of nitrogens with zero attached hydrogens (tertiary/aromatic N) is 2. The average Bonchev–Trinajstić information content (AvgIpc) is 3.42. The van der Waals surface area contributed by atoms with Gasteiger partial charge < -0.3 is 9.64 Å². The van der Waals surface area contributed by atoms with Crippen LogP contribution in [-0.4, -0.2) is 27.9 Å². The number of amides is 1. The van der Waals surface area contributed by atoms with Gasteiger partial charge in [0.25, 0.3) is 0 Å². The van der Waals surface area contributed by atoms with Crippen LogP contribution in [0.4, 0.5) is 0 Å². The number of benzene rings is 1. The summed E-state index contributed by atoms with van der Waals surface area (Å²) in [6.45, 7) is 6.06. The number of ether oxygens (including phenoxy) is 1. The maximum atomic E-state index is 13.1. The van der Waals surface area contributed by atoms with E-state index in [2.05, 4.69) is 11.9 Å². The quantitative estimate of drug-likeness (QED) is 0.761. The maximum Gasteiger partial charge on any atom is 0.227 e. The lowest BCUT2D eigenvalue weighted by molar-refractivity contribution is -0.133. The van der Waals surface area contributed by atoms with Crippen LogP contribution in [0.25, 0.3) is 0 Å². The first-order valence-corrected chi connectivity index (χ1v) is 9.03. The molecule has 0 aliphatic heterocycles. The summed E-state index contributed by atoms with van der Waals surface area (Å²) in [6, 6.07) is 14.0. The van der Waals surface area contributed by atoms with Crippen LogP contribution in [0.1, 0.15) is 50.9 Å². The number of hydrogen-bond donors (Lipinski definition) is 0. The molecule has 0 N–H and O–H groups in total. The lowest BCUT2D eigenvalue weighted by Gasteiger charge is -2.29. The van der Waals surface area contributed by atoms with Gasteiger partial charge in [-0.05, 0) is 51.8 Å². The number of rotatable bonds is 7. The van der Waals surface area contributed by atoms with E-state index in [1.165, 1.54) is 0 Å². The monoisotopic (exact) mass is 338 g/mol. The van der Waals surface area contributed by atoms with Crippen molar-refractivity contribution in [3.63, 3.8) is 0 Å². The first-order valence-electron chi connectivity index (χ1n) is 9.03. The molecule has 25 heavy (non-hydrogen) atoms. The lowest BCUT2D eigenvalue weighted by atomic mass is 10.1. The number of carbonyl (C=O) groups is 1. The molecule has 2 aromatic rings. The second-order valence-corrected chi connectivity index (χ2v) is 6.91. The fourth-order valence-electron chi connectivity index (χ4n) is 3.13. The number of pyridine rings is 1. The Morgan fingerprint density at radius 3 is 2.52 bits per heavy atom. The zero-order valence-electron chi connectivity index (χ0n) is 15.2. The van der Waals surface area contributed by atoms with Gasteiger partial charge in [-0.25, -0.2) is 0 Å². The van der Waals surface area contributed by atoms with Crippen molar-refractivity contribution in [2.24, 2.45) is 0 Å². The molecule has 4 nitrogen and oxygen atoms in total. The van der Waals surface area contributed by atoms with Crippen molar-refractivity contribution < 1.29 is 9.53 Å². The molecule has 0 saturated heterocycles. The molecule has 1 aromatic carbocycles. The van der Waals surface area contributed by atoms with E-state index < -0.39 is 0 Å². The van der Waals surface area contributed by atoms with E-state index in [4.69, 9.17) is 4.74 Å². The van der Waals surface area contributed by atoms with Gasteiger partial charge >= 0.3 is 0 Å². The first-order chi connectivity index (χ1) is 12.1. The number of hydrogen-bond acceptors (Lipinski definition) is 3. The molecule has 4 heteroatoms. The minimum absolute atomic E-state index is 0.0145. The highest BCUT2D eigenvalue weighted by molar-refractivity contribution is 5.80. The van der Waals surface area contributed by atoms with Crippen LogP contribution in [0.3, 0.4) is 0 Å². The Morgan fingerprint density at radius 2 is 1.88 bits per heavy atom. The zero-order chi connectivity index (χ0) is 17.8. The van der Waals surface area contributed by atoms with E-state index in [0.717, 1.165) is 29.8 Å². The molecule has 1 heterocycles. The van der Waals surface area contributed by atoms with Crippen LogP contribution in [0, 0.1) is 0 Å². The molecule has 1 aliphatic carbocycles. The van der Waals surface area contributed by atoms with Gasteiger partial charge in [-0.15, -0.1) is 0 Å². The van der Waals surface area contributed by atoms with Crippen molar-refractivity contribution in [1.82, 2.24) is 9.88 Å². The second kappa shape index (κ2) is 7.68. The van der Waals surface area contributed by atoms with E-state index in [-0.39, 0.29) is 18.1 Å². The highest BCUT2D eigenvalue weighted by Crippen LogP contribution is 2.34. The summed E-state index contributed by atoms with van der Waals surface area (Å²) in [4.78, 5) is 19.5. The second-order valence-electron chi connectivity index (χ2n) is 6.91. The highest BCUT2D eigenvalue weighted by Gasteiger charge is 2.36. The van der Waals surface area contributed by atoms with E-state index in [0.29, 0.717) is 12.5 Å². The minimum atomic E-state index is -0.0145.